The quantitative estimate of drug-likeness (QED) is 0.492. The van der Waals surface area contributed by atoms with Crippen LogP contribution in [-0.2, 0) is 0 Å². The Kier molecular flexibility index (Phi) is 6.18. The van der Waals surface area contributed by atoms with Gasteiger partial charge in [0.2, 0.25) is 0 Å². The van der Waals surface area contributed by atoms with Crippen LogP contribution in [0.2, 0.25) is 5.02 Å². The van der Waals surface area contributed by atoms with Crippen LogP contribution in [0.15, 0.2) is 53.6 Å². The summed E-state index contributed by atoms with van der Waals surface area (Å²) in [6.45, 7) is 2.54. The van der Waals surface area contributed by atoms with Gasteiger partial charge < -0.3 is 10.1 Å². The van der Waals surface area contributed by atoms with E-state index >= 15 is 0 Å². The van der Waals surface area contributed by atoms with Crippen LogP contribution in [0.3, 0.4) is 0 Å². The second-order valence-electron chi connectivity index (χ2n) is 4.31. The van der Waals surface area contributed by atoms with Crippen LogP contribution in [-0.4, -0.2) is 17.9 Å². The van der Waals surface area contributed by atoms with E-state index < -0.39 is 0 Å². The minimum atomic E-state index is 0.382. The van der Waals surface area contributed by atoms with Gasteiger partial charge in [0, 0.05) is 16.3 Å². The molecule has 0 radical (unpaired) electrons. The smallest absolute Gasteiger partial charge is 0.191 e. The van der Waals surface area contributed by atoms with Gasteiger partial charge in [0.25, 0.3) is 0 Å². The number of ether oxygens (including phenoxy) is 1. The SMILES string of the molecule is CCOc1ccccc1C=NNC(=S)Nc1cccc(Cl)c1. The molecular formula is C16H16ClN3OS. The van der Waals surface area contributed by atoms with Crippen LogP contribution >= 0.6 is 23.8 Å². The van der Waals surface area contributed by atoms with Crippen molar-refractivity contribution >= 4 is 40.8 Å². The summed E-state index contributed by atoms with van der Waals surface area (Å²) in [4.78, 5) is 0. The fourth-order valence-corrected chi connectivity index (χ4v) is 2.12. The predicted molar refractivity (Wildman–Crippen MR) is 96.0 cm³/mol. The van der Waals surface area contributed by atoms with E-state index in [0.29, 0.717) is 16.7 Å². The summed E-state index contributed by atoms with van der Waals surface area (Å²) >= 11 is 11.1. The highest BCUT2D eigenvalue weighted by molar-refractivity contribution is 7.80. The molecule has 0 spiro atoms. The van der Waals surface area contributed by atoms with Crippen molar-refractivity contribution in [3.63, 3.8) is 0 Å². The molecule has 2 rings (SSSR count). The number of halogens is 1. The topological polar surface area (TPSA) is 45.6 Å². The van der Waals surface area contributed by atoms with Gasteiger partial charge in [0.05, 0.1) is 12.8 Å². The number of thiocarbonyl (C=S) groups is 1. The molecule has 2 N–H and O–H groups in total. The molecule has 0 heterocycles. The molecule has 0 bridgehead atoms. The molecular weight excluding hydrogens is 318 g/mol. The summed E-state index contributed by atoms with van der Waals surface area (Å²) in [7, 11) is 0. The highest BCUT2D eigenvalue weighted by Gasteiger charge is 2.00. The molecule has 0 aromatic heterocycles. The number of hydrogen-bond donors (Lipinski definition) is 2. The van der Waals surface area contributed by atoms with Crippen molar-refractivity contribution in [1.82, 2.24) is 5.43 Å². The van der Waals surface area contributed by atoms with Gasteiger partial charge in [-0.3, -0.25) is 5.43 Å². The second kappa shape index (κ2) is 8.36. The minimum absolute atomic E-state index is 0.382. The first-order valence-electron chi connectivity index (χ1n) is 6.76. The molecule has 0 unspecified atom stereocenters. The zero-order chi connectivity index (χ0) is 15.8. The monoisotopic (exact) mass is 333 g/mol. The second-order valence-corrected chi connectivity index (χ2v) is 5.15. The first kappa shape index (κ1) is 16.3. The molecule has 4 nitrogen and oxygen atoms in total. The maximum absolute atomic E-state index is 5.91. The normalized spacial score (nSPS) is 10.5. The molecule has 22 heavy (non-hydrogen) atoms. The Bertz CT molecular complexity index is 676. The zero-order valence-corrected chi connectivity index (χ0v) is 13.6. The van der Waals surface area contributed by atoms with Crippen molar-refractivity contribution in [3.05, 3.63) is 59.1 Å². The van der Waals surface area contributed by atoms with Crippen LogP contribution in [0.5, 0.6) is 5.75 Å². The lowest BCUT2D eigenvalue weighted by atomic mass is 10.2. The standard InChI is InChI=1S/C16H16ClN3OS/c1-2-21-15-9-4-3-6-12(15)11-18-20-16(22)19-14-8-5-7-13(17)10-14/h3-11H,2H2,1H3,(H2,19,20,22). The van der Waals surface area contributed by atoms with Gasteiger partial charge in [-0.25, -0.2) is 0 Å². The fraction of sp³-hybridized carbons (Fsp3) is 0.125. The molecule has 6 heteroatoms. The molecule has 0 atom stereocenters. The number of nitrogens with one attached hydrogen (secondary N) is 2. The molecule has 0 saturated heterocycles. The van der Waals surface area contributed by atoms with Gasteiger partial charge >= 0.3 is 0 Å². The van der Waals surface area contributed by atoms with E-state index in [-0.39, 0.29) is 0 Å². The lowest BCUT2D eigenvalue weighted by Gasteiger charge is -2.08. The average molecular weight is 334 g/mol. The van der Waals surface area contributed by atoms with Gasteiger partial charge in [0.15, 0.2) is 5.11 Å². The van der Waals surface area contributed by atoms with E-state index in [1.807, 2.05) is 43.3 Å². The van der Waals surface area contributed by atoms with Gasteiger partial charge in [-0.15, -0.1) is 0 Å². The van der Waals surface area contributed by atoms with E-state index in [4.69, 9.17) is 28.6 Å². The van der Waals surface area contributed by atoms with E-state index in [1.165, 1.54) is 0 Å². The van der Waals surface area contributed by atoms with Crippen molar-refractivity contribution in [2.75, 3.05) is 11.9 Å². The number of hydrazone groups is 1. The minimum Gasteiger partial charge on any atom is -0.493 e. The molecule has 0 fully saturated rings. The maximum atomic E-state index is 5.91. The van der Waals surface area contributed by atoms with E-state index in [0.717, 1.165) is 17.0 Å². The Morgan fingerprint density at radius 2 is 2.09 bits per heavy atom. The number of nitrogens with zero attached hydrogens (tertiary/aromatic N) is 1. The summed E-state index contributed by atoms with van der Waals surface area (Å²) in [6, 6.07) is 14.9. The number of hydrogen-bond acceptors (Lipinski definition) is 3. The van der Waals surface area contributed by atoms with Crippen LogP contribution in [0.4, 0.5) is 5.69 Å². The number of anilines is 1. The first-order chi connectivity index (χ1) is 10.7. The zero-order valence-electron chi connectivity index (χ0n) is 12.0. The Balaban J connectivity index is 1.93. The molecule has 0 aliphatic heterocycles. The molecule has 0 saturated carbocycles. The van der Waals surface area contributed by atoms with Crippen molar-refractivity contribution in [2.24, 2.45) is 5.10 Å². The van der Waals surface area contributed by atoms with Crippen LogP contribution in [0, 0.1) is 0 Å². The van der Waals surface area contributed by atoms with E-state index in [9.17, 15) is 0 Å². The largest absolute Gasteiger partial charge is 0.493 e. The van der Waals surface area contributed by atoms with Crippen molar-refractivity contribution in [3.8, 4) is 5.75 Å². The lowest BCUT2D eigenvalue weighted by molar-refractivity contribution is 0.340. The summed E-state index contributed by atoms with van der Waals surface area (Å²) in [5.74, 6) is 0.782. The van der Waals surface area contributed by atoms with Gasteiger partial charge in [-0.05, 0) is 49.5 Å². The van der Waals surface area contributed by atoms with Crippen LogP contribution in [0.25, 0.3) is 0 Å². The van der Waals surface area contributed by atoms with E-state index in [2.05, 4.69) is 15.8 Å². The van der Waals surface area contributed by atoms with Crippen molar-refractivity contribution in [1.29, 1.82) is 0 Å². The molecule has 114 valence electrons. The predicted octanol–water partition coefficient (Wildman–Crippen LogP) is 4.06. The van der Waals surface area contributed by atoms with Gasteiger partial charge in [-0.1, -0.05) is 29.8 Å². The average Bonchev–Trinajstić information content (AvgIpc) is 2.49. The molecule has 0 aliphatic carbocycles. The third-order valence-corrected chi connectivity index (χ3v) is 3.10. The molecule has 0 aliphatic rings. The highest BCUT2D eigenvalue weighted by Crippen LogP contribution is 2.16. The Labute approximate surface area is 140 Å². The Hall–Kier alpha value is -2.11. The highest BCUT2D eigenvalue weighted by atomic mass is 35.5. The summed E-state index contributed by atoms with van der Waals surface area (Å²) in [5.41, 5.74) is 4.44. The number of benzene rings is 2. The first-order valence-corrected chi connectivity index (χ1v) is 7.55. The van der Waals surface area contributed by atoms with Crippen LogP contribution in [0.1, 0.15) is 12.5 Å². The number of rotatable bonds is 5. The fourth-order valence-electron chi connectivity index (χ4n) is 1.76. The van der Waals surface area contributed by atoms with Gasteiger partial charge in [-0.2, -0.15) is 5.10 Å². The lowest BCUT2D eigenvalue weighted by Crippen LogP contribution is -2.23. The maximum Gasteiger partial charge on any atom is 0.191 e. The van der Waals surface area contributed by atoms with Crippen molar-refractivity contribution < 1.29 is 4.74 Å². The Morgan fingerprint density at radius 3 is 2.86 bits per heavy atom. The molecule has 2 aromatic carbocycles. The summed E-state index contributed by atoms with van der Waals surface area (Å²) in [6.07, 6.45) is 1.66. The van der Waals surface area contributed by atoms with Gasteiger partial charge in [0.1, 0.15) is 5.75 Å². The number of para-hydroxylation sites is 1. The summed E-state index contributed by atoms with van der Waals surface area (Å²) in [5, 5.41) is 8.13. The van der Waals surface area contributed by atoms with Crippen molar-refractivity contribution in [2.45, 2.75) is 6.92 Å². The van der Waals surface area contributed by atoms with Crippen LogP contribution < -0.4 is 15.5 Å². The third-order valence-electron chi connectivity index (χ3n) is 2.67. The molecule has 2 aromatic rings. The third kappa shape index (κ3) is 5.02. The molecule has 0 amide bonds. The Morgan fingerprint density at radius 1 is 1.27 bits per heavy atom. The van der Waals surface area contributed by atoms with E-state index in [1.54, 1.807) is 18.3 Å². The summed E-state index contributed by atoms with van der Waals surface area (Å²) < 4.78 is 5.52.